The van der Waals surface area contributed by atoms with E-state index >= 15 is 0 Å². The highest BCUT2D eigenvalue weighted by atomic mass is 16.5. The summed E-state index contributed by atoms with van der Waals surface area (Å²) >= 11 is 0. The monoisotopic (exact) mass is 401 g/mol. The van der Waals surface area contributed by atoms with Gasteiger partial charge in [0, 0.05) is 18.0 Å². The lowest BCUT2D eigenvalue weighted by Gasteiger charge is -2.15. The third-order valence-corrected chi connectivity index (χ3v) is 5.29. The summed E-state index contributed by atoms with van der Waals surface area (Å²) < 4.78 is 5.73. The van der Waals surface area contributed by atoms with Gasteiger partial charge in [-0.1, -0.05) is 60.7 Å². The largest absolute Gasteiger partial charge is 0.493 e. The van der Waals surface area contributed by atoms with Crippen molar-refractivity contribution in [1.29, 1.82) is 0 Å². The molecule has 0 aromatic heterocycles. The Kier molecular flexibility index (Phi) is 5.75. The number of carbonyl (C=O) groups is 2. The van der Waals surface area contributed by atoms with Crippen LogP contribution in [0, 0.1) is 5.92 Å². The molecule has 1 heterocycles. The van der Waals surface area contributed by atoms with Crippen LogP contribution in [0.15, 0.2) is 71.8 Å². The van der Waals surface area contributed by atoms with Crippen LogP contribution in [0.1, 0.15) is 24.0 Å². The molecule has 0 bridgehead atoms. The van der Waals surface area contributed by atoms with Gasteiger partial charge in [0.25, 0.3) is 5.91 Å². The second-order valence-corrected chi connectivity index (χ2v) is 7.11. The number of hydrogen-bond acceptors (Lipinski definition) is 4. The van der Waals surface area contributed by atoms with Gasteiger partial charge in [0.15, 0.2) is 0 Å². The highest BCUT2D eigenvalue weighted by Gasteiger charge is 2.40. The summed E-state index contributed by atoms with van der Waals surface area (Å²) in [6.45, 7) is 2.87. The molecular formula is C24H23N3O3. The zero-order valence-corrected chi connectivity index (χ0v) is 16.7. The molecule has 0 spiro atoms. The van der Waals surface area contributed by atoms with Crippen molar-refractivity contribution in [2.75, 3.05) is 13.2 Å². The number of carbonyl (C=O) groups excluding carboxylic acids is 2. The summed E-state index contributed by atoms with van der Waals surface area (Å²) in [6, 6.07) is 21.4. The van der Waals surface area contributed by atoms with E-state index in [0.29, 0.717) is 18.9 Å². The van der Waals surface area contributed by atoms with Crippen LogP contribution in [-0.2, 0) is 9.59 Å². The quantitative estimate of drug-likeness (QED) is 0.378. The Morgan fingerprint density at radius 3 is 2.70 bits per heavy atom. The van der Waals surface area contributed by atoms with Crippen LogP contribution in [0.4, 0.5) is 0 Å². The minimum Gasteiger partial charge on any atom is -0.493 e. The molecule has 152 valence electrons. The van der Waals surface area contributed by atoms with Crippen LogP contribution in [-0.4, -0.2) is 31.2 Å². The van der Waals surface area contributed by atoms with Gasteiger partial charge in [-0.2, -0.15) is 5.10 Å². The molecule has 3 aromatic rings. The van der Waals surface area contributed by atoms with Gasteiger partial charge in [-0.05, 0) is 29.3 Å². The maximum Gasteiger partial charge on any atom is 0.253 e. The fraction of sp³-hybridized carbons (Fsp3) is 0.208. The number of nitrogens with one attached hydrogen (secondary N) is 2. The lowest BCUT2D eigenvalue weighted by Crippen LogP contribution is -2.34. The number of rotatable bonds is 6. The van der Waals surface area contributed by atoms with Gasteiger partial charge in [-0.25, -0.2) is 5.43 Å². The number of fused-ring (bicyclic) bond motifs is 1. The number of benzene rings is 3. The minimum atomic E-state index is -0.816. The van der Waals surface area contributed by atoms with Gasteiger partial charge in [0.05, 0.1) is 12.8 Å². The lowest BCUT2D eigenvalue weighted by atomic mass is 9.88. The van der Waals surface area contributed by atoms with E-state index in [-0.39, 0.29) is 11.8 Å². The van der Waals surface area contributed by atoms with Crippen LogP contribution in [0.5, 0.6) is 5.75 Å². The van der Waals surface area contributed by atoms with Gasteiger partial charge in [0.2, 0.25) is 5.91 Å². The van der Waals surface area contributed by atoms with E-state index in [1.165, 1.54) is 0 Å². The fourth-order valence-electron chi connectivity index (χ4n) is 3.85. The molecular weight excluding hydrogens is 378 g/mol. The predicted molar refractivity (Wildman–Crippen MR) is 117 cm³/mol. The van der Waals surface area contributed by atoms with Gasteiger partial charge < -0.3 is 10.1 Å². The Bertz CT molecular complexity index is 1100. The molecule has 1 aliphatic heterocycles. The van der Waals surface area contributed by atoms with Gasteiger partial charge in [0.1, 0.15) is 11.7 Å². The summed E-state index contributed by atoms with van der Waals surface area (Å²) in [6.07, 6.45) is 1.58. The maximum atomic E-state index is 12.8. The summed E-state index contributed by atoms with van der Waals surface area (Å²) in [5, 5.41) is 8.97. The molecule has 2 amide bonds. The topological polar surface area (TPSA) is 79.8 Å². The van der Waals surface area contributed by atoms with Crippen molar-refractivity contribution in [1.82, 2.24) is 10.7 Å². The number of ether oxygens (including phenoxy) is 1. The Balaban J connectivity index is 1.56. The average Bonchev–Trinajstić information content (AvgIpc) is 3.17. The second-order valence-electron chi connectivity index (χ2n) is 7.11. The van der Waals surface area contributed by atoms with Gasteiger partial charge >= 0.3 is 0 Å². The molecule has 2 atom stereocenters. The number of amides is 2. The van der Waals surface area contributed by atoms with Crippen molar-refractivity contribution >= 4 is 28.8 Å². The van der Waals surface area contributed by atoms with Crippen molar-refractivity contribution in [2.45, 2.75) is 12.8 Å². The molecule has 0 unspecified atom stereocenters. The van der Waals surface area contributed by atoms with Crippen molar-refractivity contribution in [2.24, 2.45) is 11.0 Å². The average molecular weight is 401 g/mol. The van der Waals surface area contributed by atoms with E-state index in [1.807, 2.05) is 73.7 Å². The standard InChI is InChI=1S/C24H23N3O3/c1-2-30-21-13-12-17-10-6-7-11-18(17)20(21)15-26-27-24(29)22-19(14-25-23(22)28)16-8-4-3-5-9-16/h3-13,15,19,22H,2,14H2,1H3,(H,25,28)(H,27,29)/b26-15-/t19-,22-/m1/s1. The highest BCUT2D eigenvalue weighted by molar-refractivity contribution is 6.05. The summed E-state index contributed by atoms with van der Waals surface area (Å²) in [5.41, 5.74) is 4.29. The molecule has 0 aliphatic carbocycles. The molecule has 6 nitrogen and oxygen atoms in total. The molecule has 1 saturated heterocycles. The number of hydrogen-bond donors (Lipinski definition) is 2. The molecule has 4 rings (SSSR count). The lowest BCUT2D eigenvalue weighted by molar-refractivity contribution is -0.133. The zero-order chi connectivity index (χ0) is 20.9. The second kappa shape index (κ2) is 8.78. The van der Waals surface area contributed by atoms with E-state index in [4.69, 9.17) is 4.74 Å². The highest BCUT2D eigenvalue weighted by Crippen LogP contribution is 2.29. The fourth-order valence-corrected chi connectivity index (χ4v) is 3.85. The zero-order valence-electron chi connectivity index (χ0n) is 16.7. The molecule has 3 aromatic carbocycles. The Morgan fingerprint density at radius 1 is 1.13 bits per heavy atom. The summed E-state index contributed by atoms with van der Waals surface area (Å²) in [5.74, 6) is -1.05. The van der Waals surface area contributed by atoms with Crippen LogP contribution >= 0.6 is 0 Å². The molecule has 0 saturated carbocycles. The Labute approximate surface area is 174 Å². The Hall–Kier alpha value is -3.67. The van der Waals surface area contributed by atoms with Gasteiger partial charge in [-0.3, -0.25) is 9.59 Å². The molecule has 1 aliphatic rings. The normalized spacial score (nSPS) is 18.5. The van der Waals surface area contributed by atoms with E-state index in [2.05, 4.69) is 15.8 Å². The van der Waals surface area contributed by atoms with E-state index in [0.717, 1.165) is 21.9 Å². The maximum absolute atomic E-state index is 12.8. The first-order valence-corrected chi connectivity index (χ1v) is 9.99. The SMILES string of the molecule is CCOc1ccc2ccccc2c1/C=N\NC(=O)[C@H]1C(=O)NC[C@@H]1c1ccccc1. The first-order chi connectivity index (χ1) is 14.7. The predicted octanol–water partition coefficient (Wildman–Crippen LogP) is 3.22. The minimum absolute atomic E-state index is 0.217. The molecule has 1 fully saturated rings. The number of nitrogens with zero attached hydrogens (tertiary/aromatic N) is 1. The molecule has 2 N–H and O–H groups in total. The first-order valence-electron chi connectivity index (χ1n) is 9.99. The molecule has 30 heavy (non-hydrogen) atoms. The van der Waals surface area contributed by atoms with E-state index in [9.17, 15) is 9.59 Å². The van der Waals surface area contributed by atoms with Gasteiger partial charge in [-0.15, -0.1) is 0 Å². The van der Waals surface area contributed by atoms with Crippen LogP contribution < -0.4 is 15.5 Å². The van der Waals surface area contributed by atoms with Crippen LogP contribution in [0.25, 0.3) is 10.8 Å². The molecule has 0 radical (unpaired) electrons. The first kappa shape index (κ1) is 19.6. The smallest absolute Gasteiger partial charge is 0.253 e. The van der Waals surface area contributed by atoms with Crippen LogP contribution in [0.2, 0.25) is 0 Å². The third-order valence-electron chi connectivity index (χ3n) is 5.29. The summed E-state index contributed by atoms with van der Waals surface area (Å²) in [7, 11) is 0. The van der Waals surface area contributed by atoms with Crippen molar-refractivity contribution < 1.29 is 14.3 Å². The van der Waals surface area contributed by atoms with Crippen molar-refractivity contribution in [3.8, 4) is 5.75 Å². The molecule has 6 heteroatoms. The van der Waals surface area contributed by atoms with Crippen LogP contribution in [0.3, 0.4) is 0 Å². The summed E-state index contributed by atoms with van der Waals surface area (Å²) in [4.78, 5) is 25.1. The van der Waals surface area contributed by atoms with E-state index < -0.39 is 11.8 Å². The Morgan fingerprint density at radius 2 is 1.90 bits per heavy atom. The third kappa shape index (κ3) is 3.89. The van der Waals surface area contributed by atoms with E-state index in [1.54, 1.807) is 6.21 Å². The number of hydrazone groups is 1. The van der Waals surface area contributed by atoms with Crippen molar-refractivity contribution in [3.63, 3.8) is 0 Å². The van der Waals surface area contributed by atoms with Crippen molar-refractivity contribution in [3.05, 3.63) is 77.9 Å².